The first-order chi connectivity index (χ1) is 7.50. The Morgan fingerprint density at radius 2 is 1.76 bits per heavy atom. The first-order valence-electron chi connectivity index (χ1n) is 5.11. The average molecular weight is 253 g/mol. The zero-order chi connectivity index (χ0) is 13.5. The van der Waals surface area contributed by atoms with E-state index in [1.165, 1.54) is 0 Å². The zero-order valence-corrected chi connectivity index (χ0v) is 9.52. The Kier molecular flexibility index (Phi) is 3.15. The van der Waals surface area contributed by atoms with Gasteiger partial charge < -0.3 is 10.4 Å². The van der Waals surface area contributed by atoms with Gasteiger partial charge in [0.05, 0.1) is 5.41 Å². The standard InChI is InChI=1S/C10H14F3NO3/c1-8(2,10(11,12)13)5-6(15)14-9(3-4-9)7(16)17/h3-5H2,1-2H3,(H,14,15)(H,16,17). The molecule has 0 saturated heterocycles. The Labute approximate surface area is 96.2 Å². The van der Waals surface area contributed by atoms with Crippen LogP contribution in [0.4, 0.5) is 13.2 Å². The molecule has 98 valence electrons. The van der Waals surface area contributed by atoms with Crippen molar-refractivity contribution in [2.75, 3.05) is 0 Å². The van der Waals surface area contributed by atoms with E-state index in [-0.39, 0.29) is 12.8 Å². The van der Waals surface area contributed by atoms with E-state index in [0.717, 1.165) is 13.8 Å². The second kappa shape index (κ2) is 3.89. The van der Waals surface area contributed by atoms with Gasteiger partial charge in [0.25, 0.3) is 0 Å². The predicted molar refractivity (Wildman–Crippen MR) is 52.2 cm³/mol. The van der Waals surface area contributed by atoms with Crippen molar-refractivity contribution in [1.29, 1.82) is 0 Å². The molecular weight excluding hydrogens is 239 g/mol. The van der Waals surface area contributed by atoms with Crippen LogP contribution in [0.15, 0.2) is 0 Å². The lowest BCUT2D eigenvalue weighted by Crippen LogP contribution is -2.46. The molecule has 1 aliphatic carbocycles. The van der Waals surface area contributed by atoms with Gasteiger partial charge in [-0.05, 0) is 12.8 Å². The fourth-order valence-corrected chi connectivity index (χ4v) is 1.33. The van der Waals surface area contributed by atoms with Gasteiger partial charge in [0.15, 0.2) is 0 Å². The molecule has 0 aromatic heterocycles. The molecule has 0 aromatic rings. The highest BCUT2D eigenvalue weighted by Gasteiger charge is 2.53. The highest BCUT2D eigenvalue weighted by molar-refractivity contribution is 5.89. The summed E-state index contributed by atoms with van der Waals surface area (Å²) in [7, 11) is 0. The number of carbonyl (C=O) groups is 2. The van der Waals surface area contributed by atoms with Crippen LogP contribution in [0.1, 0.15) is 33.1 Å². The number of alkyl halides is 3. The van der Waals surface area contributed by atoms with E-state index in [2.05, 4.69) is 5.32 Å². The second-order valence-electron chi connectivity index (χ2n) is 4.99. The molecule has 0 atom stereocenters. The van der Waals surface area contributed by atoms with Gasteiger partial charge in [0.2, 0.25) is 5.91 Å². The molecule has 0 aromatic carbocycles. The third kappa shape index (κ3) is 2.89. The first kappa shape index (κ1) is 13.8. The Bertz CT molecular complexity index is 345. The quantitative estimate of drug-likeness (QED) is 0.801. The molecule has 0 bridgehead atoms. The van der Waals surface area contributed by atoms with Crippen molar-refractivity contribution in [2.24, 2.45) is 5.41 Å². The van der Waals surface area contributed by atoms with E-state index in [9.17, 15) is 22.8 Å². The molecule has 1 fully saturated rings. The largest absolute Gasteiger partial charge is 0.480 e. The molecule has 1 amide bonds. The van der Waals surface area contributed by atoms with Gasteiger partial charge in [-0.25, -0.2) is 4.79 Å². The van der Waals surface area contributed by atoms with Crippen molar-refractivity contribution in [3.8, 4) is 0 Å². The number of amides is 1. The van der Waals surface area contributed by atoms with Gasteiger partial charge in [-0.15, -0.1) is 0 Å². The van der Waals surface area contributed by atoms with E-state index in [1.54, 1.807) is 0 Å². The number of carboxylic acids is 1. The molecule has 4 nitrogen and oxygen atoms in total. The molecule has 0 radical (unpaired) electrons. The molecule has 17 heavy (non-hydrogen) atoms. The maximum absolute atomic E-state index is 12.5. The van der Waals surface area contributed by atoms with Crippen LogP contribution in [0.25, 0.3) is 0 Å². The monoisotopic (exact) mass is 253 g/mol. The zero-order valence-electron chi connectivity index (χ0n) is 9.52. The maximum Gasteiger partial charge on any atom is 0.394 e. The topological polar surface area (TPSA) is 66.4 Å². The normalized spacial score (nSPS) is 18.6. The molecule has 0 heterocycles. The molecule has 1 aliphatic rings. The average Bonchev–Trinajstić information content (AvgIpc) is 2.81. The van der Waals surface area contributed by atoms with Crippen LogP contribution in [-0.2, 0) is 9.59 Å². The highest BCUT2D eigenvalue weighted by Crippen LogP contribution is 2.41. The van der Waals surface area contributed by atoms with E-state index in [4.69, 9.17) is 5.11 Å². The summed E-state index contributed by atoms with van der Waals surface area (Å²) in [6.45, 7) is 1.82. The third-order valence-corrected chi connectivity index (χ3v) is 2.91. The summed E-state index contributed by atoms with van der Waals surface area (Å²) >= 11 is 0. The van der Waals surface area contributed by atoms with Crippen LogP contribution in [0.3, 0.4) is 0 Å². The Morgan fingerprint density at radius 3 is 2.06 bits per heavy atom. The van der Waals surface area contributed by atoms with Gasteiger partial charge in [-0.1, -0.05) is 13.8 Å². The fraction of sp³-hybridized carbons (Fsp3) is 0.800. The summed E-state index contributed by atoms with van der Waals surface area (Å²) in [5.41, 5.74) is -3.50. The molecule has 2 N–H and O–H groups in total. The summed E-state index contributed by atoms with van der Waals surface area (Å²) in [6.07, 6.45) is -4.74. The summed E-state index contributed by atoms with van der Waals surface area (Å²) in [5.74, 6) is -2.08. The van der Waals surface area contributed by atoms with E-state index in [1.807, 2.05) is 0 Å². The molecule has 0 spiro atoms. The minimum Gasteiger partial charge on any atom is -0.480 e. The lowest BCUT2D eigenvalue weighted by Gasteiger charge is -2.27. The summed E-state index contributed by atoms with van der Waals surface area (Å²) in [6, 6.07) is 0. The Morgan fingerprint density at radius 1 is 1.29 bits per heavy atom. The van der Waals surface area contributed by atoms with Gasteiger partial charge in [-0.3, -0.25) is 4.79 Å². The van der Waals surface area contributed by atoms with Gasteiger partial charge in [0, 0.05) is 6.42 Å². The predicted octanol–water partition coefficient (Wildman–Crippen LogP) is 1.70. The Hall–Kier alpha value is -1.27. The van der Waals surface area contributed by atoms with E-state index >= 15 is 0 Å². The van der Waals surface area contributed by atoms with Crippen molar-refractivity contribution in [2.45, 2.75) is 44.8 Å². The molecular formula is C10H14F3NO3. The minimum atomic E-state index is -4.50. The van der Waals surface area contributed by atoms with Crippen LogP contribution < -0.4 is 5.32 Å². The van der Waals surface area contributed by atoms with E-state index in [0.29, 0.717) is 0 Å². The number of rotatable bonds is 4. The van der Waals surface area contributed by atoms with Crippen molar-refractivity contribution < 1.29 is 27.9 Å². The van der Waals surface area contributed by atoms with E-state index < -0.39 is 35.4 Å². The number of nitrogens with one attached hydrogen (secondary N) is 1. The summed E-state index contributed by atoms with van der Waals surface area (Å²) < 4.78 is 37.5. The number of hydrogen-bond acceptors (Lipinski definition) is 2. The number of carboxylic acid groups (broad SMARTS) is 1. The van der Waals surface area contributed by atoms with Crippen molar-refractivity contribution in [3.63, 3.8) is 0 Å². The Balaban J connectivity index is 2.60. The number of halogens is 3. The number of aliphatic carboxylic acids is 1. The van der Waals surface area contributed by atoms with Gasteiger partial charge in [-0.2, -0.15) is 13.2 Å². The highest BCUT2D eigenvalue weighted by atomic mass is 19.4. The molecule has 7 heteroatoms. The lowest BCUT2D eigenvalue weighted by molar-refractivity contribution is -0.214. The van der Waals surface area contributed by atoms with Crippen LogP contribution >= 0.6 is 0 Å². The van der Waals surface area contributed by atoms with Crippen LogP contribution in [0, 0.1) is 5.41 Å². The van der Waals surface area contributed by atoms with Crippen LogP contribution in [-0.4, -0.2) is 28.7 Å². The number of hydrogen-bond donors (Lipinski definition) is 2. The van der Waals surface area contributed by atoms with Crippen LogP contribution in [0.5, 0.6) is 0 Å². The molecule has 0 unspecified atom stereocenters. The van der Waals surface area contributed by atoms with Crippen LogP contribution in [0.2, 0.25) is 0 Å². The molecule has 0 aliphatic heterocycles. The number of carbonyl (C=O) groups excluding carboxylic acids is 1. The van der Waals surface area contributed by atoms with Crippen molar-refractivity contribution in [3.05, 3.63) is 0 Å². The maximum atomic E-state index is 12.5. The smallest absolute Gasteiger partial charge is 0.394 e. The molecule has 1 rings (SSSR count). The van der Waals surface area contributed by atoms with Gasteiger partial charge in [0.1, 0.15) is 5.54 Å². The van der Waals surface area contributed by atoms with Crippen molar-refractivity contribution >= 4 is 11.9 Å². The summed E-state index contributed by atoms with van der Waals surface area (Å²) in [4.78, 5) is 22.1. The molecule has 1 saturated carbocycles. The third-order valence-electron chi connectivity index (χ3n) is 2.91. The summed E-state index contributed by atoms with van der Waals surface area (Å²) in [5, 5.41) is 10.9. The first-order valence-corrected chi connectivity index (χ1v) is 5.11. The fourth-order valence-electron chi connectivity index (χ4n) is 1.33. The van der Waals surface area contributed by atoms with Gasteiger partial charge >= 0.3 is 12.1 Å². The SMILES string of the molecule is CC(C)(CC(=O)NC1(C(=O)O)CC1)C(F)(F)F. The lowest BCUT2D eigenvalue weighted by atomic mass is 9.88. The second-order valence-corrected chi connectivity index (χ2v) is 4.99. The minimum absolute atomic E-state index is 0.264. The van der Waals surface area contributed by atoms with Crippen molar-refractivity contribution in [1.82, 2.24) is 5.32 Å².